The van der Waals surface area contributed by atoms with E-state index < -0.39 is 11.7 Å². The van der Waals surface area contributed by atoms with E-state index in [-0.39, 0.29) is 17.9 Å². The predicted molar refractivity (Wildman–Crippen MR) is 76.1 cm³/mol. The molecule has 106 valence electrons. The Balaban J connectivity index is 1.99. The number of ether oxygens (including phenoxy) is 1. The number of carbonyl (C=O) groups excluding carboxylic acids is 1. The smallest absolute Gasteiger partial charge is 0.262 e. The molecule has 5 nitrogen and oxygen atoms in total. The highest BCUT2D eigenvalue weighted by Crippen LogP contribution is 2.20. The molecule has 3 N–H and O–H groups in total. The molecule has 0 aliphatic carbocycles. The number of nitrogens with one attached hydrogen (secondary N) is 1. The highest BCUT2D eigenvalue weighted by atomic mass is 19.1. The average Bonchev–Trinajstić information content (AvgIpc) is 2.45. The Morgan fingerprint density at radius 1 is 1.33 bits per heavy atom. The molecule has 6 heteroatoms. The molecule has 0 unspecified atom stereocenters. The number of amides is 1. The van der Waals surface area contributed by atoms with Crippen LogP contribution < -0.4 is 15.8 Å². The molecule has 0 aromatic heterocycles. The number of nitrogen functional groups attached to an aromatic ring is 1. The topological polar surface area (TPSA) is 88.1 Å². The van der Waals surface area contributed by atoms with Crippen molar-refractivity contribution in [2.45, 2.75) is 0 Å². The number of nitrogens with two attached hydrogens (primary N) is 1. The lowest BCUT2D eigenvalue weighted by Crippen LogP contribution is -2.20. The molecular weight excluding hydrogens is 273 g/mol. The maximum Gasteiger partial charge on any atom is 0.262 e. The number of anilines is 2. The molecule has 0 radical (unpaired) electrons. The van der Waals surface area contributed by atoms with E-state index in [4.69, 9.17) is 15.7 Å². The summed E-state index contributed by atoms with van der Waals surface area (Å²) < 4.78 is 18.5. The van der Waals surface area contributed by atoms with Crippen LogP contribution in [0.5, 0.6) is 5.75 Å². The molecule has 2 aromatic rings. The van der Waals surface area contributed by atoms with Crippen LogP contribution in [-0.2, 0) is 4.79 Å². The third-order valence-corrected chi connectivity index (χ3v) is 2.62. The van der Waals surface area contributed by atoms with Crippen LogP contribution in [0.15, 0.2) is 42.5 Å². The first kappa shape index (κ1) is 14.3. The molecule has 2 rings (SSSR count). The number of benzene rings is 2. The van der Waals surface area contributed by atoms with Crippen molar-refractivity contribution in [2.75, 3.05) is 17.7 Å². The van der Waals surface area contributed by atoms with E-state index in [0.717, 1.165) is 6.07 Å². The lowest BCUT2D eigenvalue weighted by molar-refractivity contribution is -0.118. The Morgan fingerprint density at radius 3 is 2.81 bits per heavy atom. The zero-order chi connectivity index (χ0) is 15.2. The molecule has 0 spiro atoms. The zero-order valence-corrected chi connectivity index (χ0v) is 11.0. The fourth-order valence-electron chi connectivity index (χ4n) is 1.69. The minimum Gasteiger partial charge on any atom is -0.482 e. The average molecular weight is 285 g/mol. The molecule has 0 bridgehead atoms. The van der Waals surface area contributed by atoms with Crippen LogP contribution in [0.25, 0.3) is 0 Å². The van der Waals surface area contributed by atoms with Gasteiger partial charge in [-0.3, -0.25) is 4.79 Å². The van der Waals surface area contributed by atoms with E-state index in [1.807, 2.05) is 0 Å². The Morgan fingerprint density at radius 2 is 2.10 bits per heavy atom. The molecule has 0 aliphatic heterocycles. The van der Waals surface area contributed by atoms with E-state index in [1.165, 1.54) is 12.1 Å². The van der Waals surface area contributed by atoms with Crippen LogP contribution in [0.4, 0.5) is 15.8 Å². The number of rotatable bonds is 4. The van der Waals surface area contributed by atoms with Gasteiger partial charge in [-0.2, -0.15) is 5.26 Å². The first-order valence-corrected chi connectivity index (χ1v) is 6.07. The Labute approximate surface area is 120 Å². The van der Waals surface area contributed by atoms with Crippen LogP contribution in [0.3, 0.4) is 0 Å². The second-order valence-electron chi connectivity index (χ2n) is 4.19. The Kier molecular flexibility index (Phi) is 4.36. The van der Waals surface area contributed by atoms with Crippen molar-refractivity contribution in [2.24, 2.45) is 0 Å². The van der Waals surface area contributed by atoms with Crippen molar-refractivity contribution in [3.63, 3.8) is 0 Å². The molecule has 21 heavy (non-hydrogen) atoms. The van der Waals surface area contributed by atoms with Gasteiger partial charge >= 0.3 is 0 Å². The van der Waals surface area contributed by atoms with E-state index in [2.05, 4.69) is 5.32 Å². The second-order valence-corrected chi connectivity index (χ2v) is 4.19. The van der Waals surface area contributed by atoms with Crippen LogP contribution in [-0.4, -0.2) is 12.5 Å². The number of halogens is 1. The quantitative estimate of drug-likeness (QED) is 0.844. The Bertz CT molecular complexity index is 710. The van der Waals surface area contributed by atoms with Crippen LogP contribution in [0, 0.1) is 17.1 Å². The van der Waals surface area contributed by atoms with Gasteiger partial charge in [-0.05, 0) is 30.3 Å². The van der Waals surface area contributed by atoms with Gasteiger partial charge in [-0.25, -0.2) is 4.39 Å². The van der Waals surface area contributed by atoms with Gasteiger partial charge in [-0.15, -0.1) is 0 Å². The minimum absolute atomic E-state index is 0.0280. The van der Waals surface area contributed by atoms with Gasteiger partial charge in [0.25, 0.3) is 5.91 Å². The number of nitrogens with zero attached hydrogens (tertiary/aromatic N) is 1. The fourth-order valence-corrected chi connectivity index (χ4v) is 1.69. The van der Waals surface area contributed by atoms with Crippen LogP contribution >= 0.6 is 0 Å². The van der Waals surface area contributed by atoms with Crippen molar-refractivity contribution < 1.29 is 13.9 Å². The fraction of sp³-hybridized carbons (Fsp3) is 0.0667. The lowest BCUT2D eigenvalue weighted by Gasteiger charge is -2.09. The first-order chi connectivity index (χ1) is 10.1. The monoisotopic (exact) mass is 285 g/mol. The first-order valence-electron chi connectivity index (χ1n) is 6.07. The maximum atomic E-state index is 13.3. The van der Waals surface area contributed by atoms with E-state index in [1.54, 1.807) is 30.3 Å². The largest absolute Gasteiger partial charge is 0.482 e. The van der Waals surface area contributed by atoms with Gasteiger partial charge in [0, 0.05) is 11.4 Å². The highest BCUT2D eigenvalue weighted by Gasteiger charge is 2.11. The SMILES string of the molecule is N#Cc1c(F)cccc1OCC(=O)Nc1cccc(N)c1. The van der Waals surface area contributed by atoms with Gasteiger partial charge in [0.2, 0.25) is 0 Å². The second kappa shape index (κ2) is 6.39. The number of hydrogen-bond acceptors (Lipinski definition) is 4. The van der Waals surface area contributed by atoms with E-state index in [0.29, 0.717) is 11.4 Å². The lowest BCUT2D eigenvalue weighted by atomic mass is 10.2. The summed E-state index contributed by atoms with van der Waals surface area (Å²) >= 11 is 0. The summed E-state index contributed by atoms with van der Waals surface area (Å²) in [5.41, 5.74) is 6.42. The van der Waals surface area contributed by atoms with Crippen molar-refractivity contribution in [1.29, 1.82) is 5.26 Å². The molecule has 0 atom stereocenters. The Hall–Kier alpha value is -3.07. The number of hydrogen-bond donors (Lipinski definition) is 2. The minimum atomic E-state index is -0.689. The maximum absolute atomic E-state index is 13.3. The van der Waals surface area contributed by atoms with Gasteiger partial charge in [0.15, 0.2) is 6.61 Å². The van der Waals surface area contributed by atoms with Crippen molar-refractivity contribution in [1.82, 2.24) is 0 Å². The molecule has 1 amide bonds. The van der Waals surface area contributed by atoms with E-state index in [9.17, 15) is 9.18 Å². The molecule has 0 heterocycles. The highest BCUT2D eigenvalue weighted by molar-refractivity contribution is 5.92. The van der Waals surface area contributed by atoms with Crippen molar-refractivity contribution in [3.8, 4) is 11.8 Å². The van der Waals surface area contributed by atoms with Crippen molar-refractivity contribution >= 4 is 17.3 Å². The normalized spacial score (nSPS) is 9.71. The molecule has 0 aliphatic rings. The van der Waals surface area contributed by atoms with Gasteiger partial charge < -0.3 is 15.8 Å². The summed E-state index contributed by atoms with van der Waals surface area (Å²) in [5, 5.41) is 11.4. The van der Waals surface area contributed by atoms with Crippen molar-refractivity contribution in [3.05, 3.63) is 53.8 Å². The molecule has 2 aromatic carbocycles. The standard InChI is InChI=1S/C15H12FN3O2/c16-13-5-2-6-14(12(13)8-17)21-9-15(20)19-11-4-1-3-10(18)7-11/h1-7H,9,18H2,(H,19,20). The van der Waals surface area contributed by atoms with Gasteiger partial charge in [-0.1, -0.05) is 12.1 Å². The summed E-state index contributed by atoms with van der Waals surface area (Å²) in [6.45, 7) is -0.340. The molecule has 0 saturated heterocycles. The summed E-state index contributed by atoms with van der Waals surface area (Å²) in [5.74, 6) is -1.10. The predicted octanol–water partition coefficient (Wildman–Crippen LogP) is 2.30. The third-order valence-electron chi connectivity index (χ3n) is 2.62. The summed E-state index contributed by atoms with van der Waals surface area (Å²) in [6, 6.07) is 12.3. The van der Waals surface area contributed by atoms with Crippen LogP contribution in [0.1, 0.15) is 5.56 Å². The molecule has 0 saturated carbocycles. The number of nitriles is 1. The third kappa shape index (κ3) is 3.70. The van der Waals surface area contributed by atoms with E-state index >= 15 is 0 Å². The summed E-state index contributed by atoms with van der Waals surface area (Å²) in [4.78, 5) is 11.7. The zero-order valence-electron chi connectivity index (χ0n) is 11.0. The van der Waals surface area contributed by atoms with Crippen LogP contribution in [0.2, 0.25) is 0 Å². The number of carbonyl (C=O) groups is 1. The van der Waals surface area contributed by atoms with Gasteiger partial charge in [0.1, 0.15) is 23.2 Å². The summed E-state index contributed by atoms with van der Waals surface area (Å²) in [7, 11) is 0. The van der Waals surface area contributed by atoms with Gasteiger partial charge in [0.05, 0.1) is 0 Å². The molecular formula is C15H12FN3O2. The molecule has 0 fully saturated rings. The summed E-state index contributed by atoms with van der Waals surface area (Å²) in [6.07, 6.45) is 0.